The van der Waals surface area contributed by atoms with Crippen LogP contribution in [0, 0.1) is 29.4 Å². The number of hydrogen-bond acceptors (Lipinski definition) is 1. The lowest BCUT2D eigenvalue weighted by Gasteiger charge is -2.41. The molecule has 2 aliphatic rings. The van der Waals surface area contributed by atoms with Crippen LogP contribution in [-0.4, -0.2) is 6.29 Å². The number of halogens is 2. The molecule has 4 atom stereocenters. The maximum atomic E-state index is 13.3. The molecule has 0 aliphatic heterocycles. The van der Waals surface area contributed by atoms with Crippen molar-refractivity contribution in [3.8, 4) is 0 Å². The van der Waals surface area contributed by atoms with Gasteiger partial charge in [-0.15, -0.1) is 0 Å². The van der Waals surface area contributed by atoms with Gasteiger partial charge in [0.05, 0.1) is 0 Å². The van der Waals surface area contributed by atoms with Gasteiger partial charge in [-0.3, -0.25) is 0 Å². The van der Waals surface area contributed by atoms with Crippen molar-refractivity contribution in [3.05, 3.63) is 35.4 Å². The molecule has 2 saturated carbocycles. The van der Waals surface area contributed by atoms with Crippen LogP contribution in [0.1, 0.15) is 50.0 Å². The Balaban J connectivity index is 1.71. The van der Waals surface area contributed by atoms with Crippen molar-refractivity contribution in [1.82, 2.24) is 0 Å². The molecule has 0 saturated heterocycles. The molecule has 1 aromatic carbocycles. The van der Waals surface area contributed by atoms with Gasteiger partial charge in [-0.05, 0) is 74.0 Å². The minimum absolute atomic E-state index is 0.236. The second kappa shape index (κ2) is 5.63. The van der Waals surface area contributed by atoms with E-state index < -0.39 is 11.6 Å². The Labute approximate surface area is 118 Å². The van der Waals surface area contributed by atoms with Crippen molar-refractivity contribution in [2.45, 2.75) is 44.4 Å². The first-order valence-electron chi connectivity index (χ1n) is 7.57. The summed E-state index contributed by atoms with van der Waals surface area (Å²) in [5.74, 6) is 0.803. The summed E-state index contributed by atoms with van der Waals surface area (Å²) in [7, 11) is 0. The lowest BCUT2D eigenvalue weighted by atomic mass is 9.64. The summed E-state index contributed by atoms with van der Waals surface area (Å²) in [5, 5.41) is 0. The Morgan fingerprint density at radius 1 is 0.900 bits per heavy atom. The third-order valence-corrected chi connectivity index (χ3v) is 5.20. The smallest absolute Gasteiger partial charge is 0.126 e. The summed E-state index contributed by atoms with van der Waals surface area (Å²) in [6.07, 6.45) is 7.26. The molecule has 0 heterocycles. The number of rotatable bonds is 2. The van der Waals surface area contributed by atoms with E-state index in [1.807, 2.05) is 0 Å². The van der Waals surface area contributed by atoms with Crippen LogP contribution in [0.2, 0.25) is 0 Å². The van der Waals surface area contributed by atoms with E-state index in [1.165, 1.54) is 12.1 Å². The third-order valence-electron chi connectivity index (χ3n) is 5.20. The van der Waals surface area contributed by atoms with Gasteiger partial charge in [0.25, 0.3) is 0 Å². The number of carbonyl (C=O) groups is 1. The monoisotopic (exact) mass is 278 g/mol. The Morgan fingerprint density at radius 2 is 1.55 bits per heavy atom. The Bertz CT molecular complexity index is 480. The number of carbonyl (C=O) groups excluding carboxylic acids is 1. The van der Waals surface area contributed by atoms with Gasteiger partial charge in [-0.25, -0.2) is 8.78 Å². The highest BCUT2D eigenvalue weighted by Gasteiger charge is 2.36. The standard InChI is InChI=1S/C17H20F2O/c18-16-7-15(8-17(19)9-16)14-4-3-12-5-11(10-20)1-2-13(12)6-14/h7-14H,1-6H2/t11-,12?,13?,14+/m0/s1. The molecule has 3 heteroatoms. The molecular formula is C17H20F2O. The summed E-state index contributed by atoms with van der Waals surface area (Å²) in [6, 6.07) is 3.89. The van der Waals surface area contributed by atoms with Gasteiger partial charge in [-0.1, -0.05) is 0 Å². The van der Waals surface area contributed by atoms with Crippen LogP contribution in [0.5, 0.6) is 0 Å². The predicted molar refractivity (Wildman–Crippen MR) is 73.3 cm³/mol. The lowest BCUT2D eigenvalue weighted by molar-refractivity contribution is -0.113. The summed E-state index contributed by atoms with van der Waals surface area (Å²) >= 11 is 0. The molecule has 0 bridgehead atoms. The summed E-state index contributed by atoms with van der Waals surface area (Å²) in [5.41, 5.74) is 0.804. The first-order valence-corrected chi connectivity index (χ1v) is 7.57. The maximum Gasteiger partial charge on any atom is 0.126 e. The highest BCUT2D eigenvalue weighted by Crippen LogP contribution is 2.47. The van der Waals surface area contributed by atoms with E-state index in [2.05, 4.69) is 0 Å². The molecule has 1 aromatic rings. The number of hydrogen-bond donors (Lipinski definition) is 0. The average Bonchev–Trinajstić information content (AvgIpc) is 2.45. The Hall–Kier alpha value is -1.25. The second-order valence-corrected chi connectivity index (χ2v) is 6.44. The van der Waals surface area contributed by atoms with Gasteiger partial charge in [-0.2, -0.15) is 0 Å². The highest BCUT2D eigenvalue weighted by molar-refractivity contribution is 5.53. The third kappa shape index (κ3) is 2.77. The first-order chi connectivity index (χ1) is 9.65. The lowest BCUT2D eigenvalue weighted by Crippen LogP contribution is -2.30. The van der Waals surface area contributed by atoms with Gasteiger partial charge in [0.1, 0.15) is 17.9 Å². The van der Waals surface area contributed by atoms with Crippen molar-refractivity contribution in [1.29, 1.82) is 0 Å². The van der Waals surface area contributed by atoms with E-state index in [1.54, 1.807) is 0 Å². The molecule has 0 spiro atoms. The molecule has 1 nitrogen and oxygen atoms in total. The minimum atomic E-state index is -0.480. The fourth-order valence-corrected chi connectivity index (χ4v) is 4.16. The van der Waals surface area contributed by atoms with Crippen molar-refractivity contribution < 1.29 is 13.6 Å². The average molecular weight is 278 g/mol. The van der Waals surface area contributed by atoms with Crippen LogP contribution in [0.4, 0.5) is 8.78 Å². The zero-order valence-electron chi connectivity index (χ0n) is 11.5. The van der Waals surface area contributed by atoms with Gasteiger partial charge in [0.15, 0.2) is 0 Å². The fourth-order valence-electron chi connectivity index (χ4n) is 4.16. The van der Waals surface area contributed by atoms with E-state index in [0.29, 0.717) is 11.8 Å². The molecule has 0 N–H and O–H groups in total. The summed E-state index contributed by atoms with van der Waals surface area (Å²) in [6.45, 7) is 0. The zero-order chi connectivity index (χ0) is 14.1. The van der Waals surface area contributed by atoms with Gasteiger partial charge in [0, 0.05) is 12.0 Å². The maximum absolute atomic E-state index is 13.3. The molecule has 20 heavy (non-hydrogen) atoms. The fraction of sp³-hybridized carbons (Fsp3) is 0.588. The topological polar surface area (TPSA) is 17.1 Å². The van der Waals surface area contributed by atoms with Crippen LogP contribution in [0.15, 0.2) is 18.2 Å². The summed E-state index contributed by atoms with van der Waals surface area (Å²) in [4.78, 5) is 10.9. The van der Waals surface area contributed by atoms with Crippen molar-refractivity contribution in [3.63, 3.8) is 0 Å². The molecule has 3 rings (SSSR count). The Kier molecular flexibility index (Phi) is 3.86. The van der Waals surface area contributed by atoms with Gasteiger partial charge >= 0.3 is 0 Å². The predicted octanol–water partition coefficient (Wildman–Crippen LogP) is 4.46. The number of fused-ring (bicyclic) bond motifs is 1. The van der Waals surface area contributed by atoms with Gasteiger partial charge in [0.2, 0.25) is 0 Å². The molecule has 108 valence electrons. The summed E-state index contributed by atoms with van der Waals surface area (Å²) < 4.78 is 26.7. The van der Waals surface area contributed by atoms with Crippen LogP contribution in [0.25, 0.3) is 0 Å². The second-order valence-electron chi connectivity index (χ2n) is 6.44. The van der Waals surface area contributed by atoms with Crippen molar-refractivity contribution >= 4 is 6.29 Å². The van der Waals surface area contributed by atoms with Crippen molar-refractivity contribution in [2.75, 3.05) is 0 Å². The molecule has 0 amide bonds. The number of aldehydes is 1. The SMILES string of the molecule is O=C[C@H]1CCC2C[C@H](c3cc(F)cc(F)c3)CCC2C1. The minimum Gasteiger partial charge on any atom is -0.303 e. The number of benzene rings is 1. The van der Waals surface area contributed by atoms with E-state index in [0.717, 1.165) is 56.4 Å². The Morgan fingerprint density at radius 3 is 2.25 bits per heavy atom. The molecular weight excluding hydrogens is 258 g/mol. The molecule has 2 fully saturated rings. The van der Waals surface area contributed by atoms with E-state index in [-0.39, 0.29) is 11.8 Å². The molecule has 2 unspecified atom stereocenters. The van der Waals surface area contributed by atoms with E-state index in [4.69, 9.17) is 0 Å². The van der Waals surface area contributed by atoms with Crippen LogP contribution in [0.3, 0.4) is 0 Å². The van der Waals surface area contributed by atoms with Crippen molar-refractivity contribution in [2.24, 2.45) is 17.8 Å². The quantitative estimate of drug-likeness (QED) is 0.730. The van der Waals surface area contributed by atoms with Crippen LogP contribution >= 0.6 is 0 Å². The molecule has 0 aromatic heterocycles. The van der Waals surface area contributed by atoms with E-state index >= 15 is 0 Å². The normalized spacial score (nSPS) is 33.5. The highest BCUT2D eigenvalue weighted by atomic mass is 19.1. The van der Waals surface area contributed by atoms with Gasteiger partial charge < -0.3 is 4.79 Å². The zero-order valence-corrected chi connectivity index (χ0v) is 11.5. The van der Waals surface area contributed by atoms with E-state index in [9.17, 15) is 13.6 Å². The molecule has 2 aliphatic carbocycles. The van der Waals surface area contributed by atoms with Crippen LogP contribution < -0.4 is 0 Å². The van der Waals surface area contributed by atoms with Crippen LogP contribution in [-0.2, 0) is 4.79 Å². The molecule has 0 radical (unpaired) electrons. The largest absolute Gasteiger partial charge is 0.303 e. The first kappa shape index (κ1) is 13.7.